The molecule has 0 radical (unpaired) electrons. The van der Waals surface area contributed by atoms with E-state index >= 15 is 0 Å². The molecular formula is C18H22Cl2N4O2. The number of halogens is 2. The van der Waals surface area contributed by atoms with Crippen molar-refractivity contribution in [2.45, 2.75) is 25.5 Å². The van der Waals surface area contributed by atoms with Crippen LogP contribution in [-0.2, 0) is 11.3 Å². The molecule has 1 amide bonds. The minimum atomic E-state index is -0.194. The summed E-state index contributed by atoms with van der Waals surface area (Å²) in [6, 6.07) is 7.35. The molecule has 0 bridgehead atoms. The Morgan fingerprint density at radius 1 is 1.38 bits per heavy atom. The average molecular weight is 397 g/mol. The maximum absolute atomic E-state index is 12.2. The number of hydrogen-bond donors (Lipinski definition) is 2. The fourth-order valence-electron chi connectivity index (χ4n) is 2.87. The predicted octanol–water partition coefficient (Wildman–Crippen LogP) is 3.06. The zero-order chi connectivity index (χ0) is 18.4. The highest BCUT2D eigenvalue weighted by Crippen LogP contribution is 2.21. The fraction of sp³-hybridized carbons (Fsp3) is 0.444. The third-order valence-electron chi connectivity index (χ3n) is 4.29. The Hall–Kier alpha value is -1.60. The fourth-order valence-corrected chi connectivity index (χ4v) is 3.33. The van der Waals surface area contributed by atoms with Gasteiger partial charge in [0.2, 0.25) is 0 Å². The Labute approximate surface area is 162 Å². The molecule has 2 heterocycles. The van der Waals surface area contributed by atoms with E-state index in [2.05, 4.69) is 15.7 Å². The van der Waals surface area contributed by atoms with Crippen LogP contribution >= 0.6 is 23.2 Å². The molecule has 1 saturated heterocycles. The van der Waals surface area contributed by atoms with Gasteiger partial charge in [-0.25, -0.2) is 0 Å². The molecule has 1 atom stereocenters. The van der Waals surface area contributed by atoms with Crippen LogP contribution in [0.5, 0.6) is 0 Å². The average Bonchev–Trinajstić information content (AvgIpc) is 3.14. The number of piperidine rings is 1. The van der Waals surface area contributed by atoms with Gasteiger partial charge in [-0.2, -0.15) is 5.10 Å². The molecule has 0 spiro atoms. The van der Waals surface area contributed by atoms with Gasteiger partial charge in [0.1, 0.15) is 5.69 Å². The van der Waals surface area contributed by atoms with Gasteiger partial charge < -0.3 is 15.4 Å². The quantitative estimate of drug-likeness (QED) is 0.705. The number of carbonyl (C=O) groups excluding carboxylic acids is 1. The molecule has 8 heteroatoms. The first-order valence-corrected chi connectivity index (χ1v) is 9.45. The van der Waals surface area contributed by atoms with Crippen molar-refractivity contribution in [1.82, 2.24) is 20.4 Å². The topological polar surface area (TPSA) is 68.2 Å². The van der Waals surface area contributed by atoms with Crippen LogP contribution in [0, 0.1) is 0 Å². The highest BCUT2D eigenvalue weighted by Gasteiger charge is 2.17. The Balaban J connectivity index is 1.39. The summed E-state index contributed by atoms with van der Waals surface area (Å²) in [5.74, 6) is -0.194. The third kappa shape index (κ3) is 5.20. The van der Waals surface area contributed by atoms with Crippen LogP contribution in [0.3, 0.4) is 0 Å². The van der Waals surface area contributed by atoms with Gasteiger partial charge in [0.25, 0.3) is 5.91 Å². The lowest BCUT2D eigenvalue weighted by Crippen LogP contribution is -2.32. The summed E-state index contributed by atoms with van der Waals surface area (Å²) in [5, 5.41) is 11.7. The second kappa shape index (κ2) is 9.37. The number of carbonyl (C=O) groups is 1. The van der Waals surface area contributed by atoms with Gasteiger partial charge in [-0.05, 0) is 43.1 Å². The SMILES string of the molecule is O=C(NCCOCc1ccc(Cl)cc1Cl)c1ccn(C2CCCNC2)n1. The van der Waals surface area contributed by atoms with E-state index in [0.717, 1.165) is 31.5 Å². The van der Waals surface area contributed by atoms with Crippen LogP contribution in [0.2, 0.25) is 10.0 Å². The summed E-state index contributed by atoms with van der Waals surface area (Å²) >= 11 is 12.0. The predicted molar refractivity (Wildman–Crippen MR) is 102 cm³/mol. The number of ether oxygens (including phenoxy) is 1. The maximum Gasteiger partial charge on any atom is 0.271 e. The summed E-state index contributed by atoms with van der Waals surface area (Å²) in [5.41, 5.74) is 1.29. The normalized spacial score (nSPS) is 17.2. The van der Waals surface area contributed by atoms with Crippen LogP contribution in [-0.4, -0.2) is 41.9 Å². The smallest absolute Gasteiger partial charge is 0.271 e. The summed E-state index contributed by atoms with van der Waals surface area (Å²) < 4.78 is 7.43. The summed E-state index contributed by atoms with van der Waals surface area (Å²) in [4.78, 5) is 12.2. The summed E-state index contributed by atoms with van der Waals surface area (Å²) in [6.45, 7) is 3.10. The van der Waals surface area contributed by atoms with E-state index in [9.17, 15) is 4.79 Å². The molecule has 0 aliphatic carbocycles. The lowest BCUT2D eigenvalue weighted by molar-refractivity contribution is 0.0895. The van der Waals surface area contributed by atoms with E-state index in [4.69, 9.17) is 27.9 Å². The van der Waals surface area contributed by atoms with Gasteiger partial charge in [-0.3, -0.25) is 9.48 Å². The van der Waals surface area contributed by atoms with Crippen molar-refractivity contribution in [1.29, 1.82) is 0 Å². The van der Waals surface area contributed by atoms with Crippen molar-refractivity contribution < 1.29 is 9.53 Å². The van der Waals surface area contributed by atoms with E-state index in [0.29, 0.717) is 41.5 Å². The minimum absolute atomic E-state index is 0.194. The Kier molecular flexibility index (Phi) is 6.91. The van der Waals surface area contributed by atoms with E-state index < -0.39 is 0 Å². The van der Waals surface area contributed by atoms with Crippen LogP contribution in [0.1, 0.15) is 34.9 Å². The van der Waals surface area contributed by atoms with Gasteiger partial charge in [-0.1, -0.05) is 29.3 Å². The number of nitrogens with one attached hydrogen (secondary N) is 2. The van der Waals surface area contributed by atoms with E-state index in [-0.39, 0.29) is 5.91 Å². The van der Waals surface area contributed by atoms with Gasteiger partial charge in [0, 0.05) is 29.3 Å². The Morgan fingerprint density at radius 3 is 3.04 bits per heavy atom. The van der Waals surface area contributed by atoms with Gasteiger partial charge in [0.05, 0.1) is 19.3 Å². The number of rotatable bonds is 7. The largest absolute Gasteiger partial charge is 0.375 e. The second-order valence-corrected chi connectivity index (χ2v) is 7.07. The van der Waals surface area contributed by atoms with E-state index in [1.807, 2.05) is 16.9 Å². The second-order valence-electron chi connectivity index (χ2n) is 6.23. The van der Waals surface area contributed by atoms with Crippen molar-refractivity contribution in [3.05, 3.63) is 51.8 Å². The molecule has 2 aromatic rings. The van der Waals surface area contributed by atoms with Crippen LogP contribution < -0.4 is 10.6 Å². The molecule has 1 unspecified atom stereocenters. The van der Waals surface area contributed by atoms with Gasteiger partial charge >= 0.3 is 0 Å². The first-order valence-electron chi connectivity index (χ1n) is 8.69. The molecule has 1 aliphatic heterocycles. The number of nitrogens with zero attached hydrogens (tertiary/aromatic N) is 2. The summed E-state index contributed by atoms with van der Waals surface area (Å²) in [6.07, 6.45) is 4.07. The number of aromatic nitrogens is 2. The zero-order valence-electron chi connectivity index (χ0n) is 14.4. The van der Waals surface area contributed by atoms with Gasteiger partial charge in [0.15, 0.2) is 0 Å². The molecule has 0 saturated carbocycles. The number of hydrogen-bond acceptors (Lipinski definition) is 4. The first kappa shape index (κ1) is 19.2. The lowest BCUT2D eigenvalue weighted by Gasteiger charge is -2.22. The monoisotopic (exact) mass is 396 g/mol. The molecule has 1 fully saturated rings. The first-order chi connectivity index (χ1) is 12.6. The molecule has 1 aromatic heterocycles. The Morgan fingerprint density at radius 2 is 2.27 bits per heavy atom. The standard InChI is InChI=1S/C18H22Cl2N4O2/c19-14-4-3-13(16(20)10-14)12-26-9-7-22-18(25)17-5-8-24(23-17)15-2-1-6-21-11-15/h3-5,8,10,15,21H,1-2,6-7,9,11-12H2,(H,22,25). The summed E-state index contributed by atoms with van der Waals surface area (Å²) in [7, 11) is 0. The maximum atomic E-state index is 12.2. The van der Waals surface area contributed by atoms with Crippen LogP contribution in [0.25, 0.3) is 0 Å². The number of amides is 1. The Bertz CT molecular complexity index is 745. The van der Waals surface area contributed by atoms with Crippen molar-refractivity contribution in [3.8, 4) is 0 Å². The molecular weight excluding hydrogens is 375 g/mol. The zero-order valence-corrected chi connectivity index (χ0v) is 15.9. The highest BCUT2D eigenvalue weighted by atomic mass is 35.5. The van der Waals surface area contributed by atoms with Crippen LogP contribution in [0.4, 0.5) is 0 Å². The molecule has 140 valence electrons. The van der Waals surface area contributed by atoms with Crippen molar-refractivity contribution in [2.75, 3.05) is 26.2 Å². The van der Waals surface area contributed by atoms with E-state index in [1.54, 1.807) is 18.2 Å². The molecule has 1 aliphatic rings. The third-order valence-corrected chi connectivity index (χ3v) is 4.88. The van der Waals surface area contributed by atoms with Crippen molar-refractivity contribution >= 4 is 29.1 Å². The molecule has 6 nitrogen and oxygen atoms in total. The molecule has 2 N–H and O–H groups in total. The highest BCUT2D eigenvalue weighted by molar-refractivity contribution is 6.35. The molecule has 26 heavy (non-hydrogen) atoms. The minimum Gasteiger partial charge on any atom is -0.375 e. The van der Waals surface area contributed by atoms with Crippen LogP contribution in [0.15, 0.2) is 30.5 Å². The van der Waals surface area contributed by atoms with Crippen molar-refractivity contribution in [3.63, 3.8) is 0 Å². The molecule has 3 rings (SSSR count). The van der Waals surface area contributed by atoms with Gasteiger partial charge in [-0.15, -0.1) is 0 Å². The van der Waals surface area contributed by atoms with Crippen molar-refractivity contribution in [2.24, 2.45) is 0 Å². The van der Waals surface area contributed by atoms with E-state index in [1.165, 1.54) is 0 Å². The molecule has 1 aromatic carbocycles. The lowest BCUT2D eigenvalue weighted by atomic mass is 10.1. The number of benzene rings is 1.